The number of carbonyl (C=O) groups is 1. The van der Waals surface area contributed by atoms with E-state index < -0.39 is 0 Å². The molecule has 0 heterocycles. The van der Waals surface area contributed by atoms with Crippen molar-refractivity contribution < 1.29 is 4.79 Å². The van der Waals surface area contributed by atoms with E-state index in [0.717, 1.165) is 19.1 Å². The van der Waals surface area contributed by atoms with Crippen LogP contribution >= 0.6 is 0 Å². The van der Waals surface area contributed by atoms with E-state index in [1.54, 1.807) is 0 Å². The molecule has 0 atom stereocenters. The van der Waals surface area contributed by atoms with E-state index >= 15 is 0 Å². The minimum Gasteiger partial charge on any atom is -0.303 e. The highest BCUT2D eigenvalue weighted by Crippen LogP contribution is 2.07. The highest BCUT2D eigenvalue weighted by Gasteiger charge is 1.88. The van der Waals surface area contributed by atoms with E-state index in [2.05, 4.69) is 19.1 Å². The molecule has 0 unspecified atom stereocenters. The second-order valence-electron chi connectivity index (χ2n) is 4.48. The third-order valence-corrected chi connectivity index (χ3v) is 2.83. The number of unbranched alkanes of at least 4 members (excludes halogenated alkanes) is 9. The van der Waals surface area contributed by atoms with Crippen LogP contribution in [0.15, 0.2) is 12.2 Å². The minimum atomic E-state index is 0.743. The monoisotopic (exact) mass is 224 g/mol. The lowest BCUT2D eigenvalue weighted by Crippen LogP contribution is -1.79. The summed E-state index contributed by atoms with van der Waals surface area (Å²) in [7, 11) is 0. The highest BCUT2D eigenvalue weighted by atomic mass is 16.1. The van der Waals surface area contributed by atoms with Crippen LogP contribution in [0.4, 0.5) is 0 Å². The van der Waals surface area contributed by atoms with Crippen molar-refractivity contribution in [1.82, 2.24) is 0 Å². The Morgan fingerprint density at radius 2 is 1.19 bits per heavy atom. The Morgan fingerprint density at radius 1 is 0.688 bits per heavy atom. The molecule has 94 valence electrons. The molecule has 0 rings (SSSR count). The summed E-state index contributed by atoms with van der Waals surface area (Å²) in [5, 5.41) is 0. The molecule has 0 saturated heterocycles. The number of hydrogen-bond donors (Lipinski definition) is 0. The molecule has 0 aromatic carbocycles. The zero-order valence-electron chi connectivity index (χ0n) is 10.9. The molecule has 0 bridgehead atoms. The van der Waals surface area contributed by atoms with Crippen molar-refractivity contribution in [2.24, 2.45) is 0 Å². The van der Waals surface area contributed by atoms with Gasteiger partial charge in [0.2, 0.25) is 0 Å². The first kappa shape index (κ1) is 15.4. The summed E-state index contributed by atoms with van der Waals surface area (Å²) in [4.78, 5) is 10.1. The Bertz CT molecular complexity index is 161. The molecule has 0 N–H and O–H groups in total. The first-order valence-electron chi connectivity index (χ1n) is 7.00. The number of carbonyl (C=O) groups excluding carboxylic acids is 1. The molecule has 0 aliphatic heterocycles. The summed E-state index contributed by atoms with van der Waals surface area (Å²) in [6.45, 7) is 2.25. The molecule has 0 fully saturated rings. The van der Waals surface area contributed by atoms with E-state index in [0.29, 0.717) is 0 Å². The Balaban J connectivity index is 3.00. The smallest absolute Gasteiger partial charge is 0.119 e. The third kappa shape index (κ3) is 13.4. The van der Waals surface area contributed by atoms with Crippen molar-refractivity contribution >= 4 is 6.29 Å². The first-order chi connectivity index (χ1) is 7.91. The largest absolute Gasteiger partial charge is 0.303 e. The molecular formula is C15H28O. The van der Waals surface area contributed by atoms with Crippen LogP contribution in [0, 0.1) is 0 Å². The van der Waals surface area contributed by atoms with Gasteiger partial charge in [-0.3, -0.25) is 0 Å². The van der Waals surface area contributed by atoms with Crippen LogP contribution in [0.1, 0.15) is 77.6 Å². The maximum atomic E-state index is 10.1. The van der Waals surface area contributed by atoms with Crippen molar-refractivity contribution in [3.63, 3.8) is 0 Å². The summed E-state index contributed by atoms with van der Waals surface area (Å²) in [5.41, 5.74) is 0. The zero-order valence-corrected chi connectivity index (χ0v) is 10.9. The second-order valence-corrected chi connectivity index (χ2v) is 4.48. The van der Waals surface area contributed by atoms with Gasteiger partial charge in [-0.2, -0.15) is 0 Å². The van der Waals surface area contributed by atoms with Gasteiger partial charge < -0.3 is 4.79 Å². The van der Waals surface area contributed by atoms with Crippen molar-refractivity contribution in [2.45, 2.75) is 77.6 Å². The van der Waals surface area contributed by atoms with E-state index in [1.807, 2.05) is 0 Å². The molecule has 0 aromatic heterocycles. The fourth-order valence-electron chi connectivity index (χ4n) is 1.77. The molecule has 0 aliphatic carbocycles. The quantitative estimate of drug-likeness (QED) is 0.257. The first-order valence-corrected chi connectivity index (χ1v) is 7.00. The Hall–Kier alpha value is -0.590. The third-order valence-electron chi connectivity index (χ3n) is 2.83. The van der Waals surface area contributed by atoms with E-state index in [9.17, 15) is 4.79 Å². The van der Waals surface area contributed by atoms with Crippen molar-refractivity contribution in [1.29, 1.82) is 0 Å². The van der Waals surface area contributed by atoms with Gasteiger partial charge in [0.1, 0.15) is 6.29 Å². The van der Waals surface area contributed by atoms with Gasteiger partial charge >= 0.3 is 0 Å². The van der Waals surface area contributed by atoms with E-state index in [-0.39, 0.29) is 0 Å². The van der Waals surface area contributed by atoms with Gasteiger partial charge in [0.25, 0.3) is 0 Å². The van der Waals surface area contributed by atoms with Crippen LogP contribution in [0.3, 0.4) is 0 Å². The zero-order chi connectivity index (χ0) is 11.9. The Kier molecular flexibility index (Phi) is 13.9. The van der Waals surface area contributed by atoms with Crippen molar-refractivity contribution in [2.75, 3.05) is 0 Å². The Labute approximate surface area is 101 Å². The maximum Gasteiger partial charge on any atom is 0.119 e. The summed E-state index contributed by atoms with van der Waals surface area (Å²) in [6, 6.07) is 0. The molecule has 0 aromatic rings. The lowest BCUT2D eigenvalue weighted by atomic mass is 10.1. The lowest BCUT2D eigenvalue weighted by molar-refractivity contribution is -0.107. The maximum absolute atomic E-state index is 10.1. The summed E-state index contributed by atoms with van der Waals surface area (Å²) >= 11 is 0. The molecule has 16 heavy (non-hydrogen) atoms. The fraction of sp³-hybridized carbons (Fsp3) is 0.800. The number of rotatable bonds is 12. The van der Waals surface area contributed by atoms with Gasteiger partial charge in [-0.15, -0.1) is 0 Å². The molecule has 1 nitrogen and oxygen atoms in total. The van der Waals surface area contributed by atoms with Crippen LogP contribution in [0.5, 0.6) is 0 Å². The summed E-state index contributed by atoms with van der Waals surface area (Å²) < 4.78 is 0. The Morgan fingerprint density at radius 3 is 1.69 bits per heavy atom. The average molecular weight is 224 g/mol. The fourth-order valence-corrected chi connectivity index (χ4v) is 1.77. The lowest BCUT2D eigenvalue weighted by Gasteiger charge is -1.96. The van der Waals surface area contributed by atoms with Crippen molar-refractivity contribution in [3.8, 4) is 0 Å². The van der Waals surface area contributed by atoms with Crippen LogP contribution < -0.4 is 0 Å². The van der Waals surface area contributed by atoms with Gasteiger partial charge in [-0.1, -0.05) is 51.2 Å². The van der Waals surface area contributed by atoms with Crippen molar-refractivity contribution in [3.05, 3.63) is 12.2 Å². The van der Waals surface area contributed by atoms with Crippen LogP contribution in [0.25, 0.3) is 0 Å². The SMILES string of the molecule is CCCCCC/C=C/CCCCCCC=O. The molecular weight excluding hydrogens is 196 g/mol. The predicted octanol–water partition coefficient (Wildman–Crippen LogP) is 5.05. The van der Waals surface area contributed by atoms with Crippen LogP contribution in [-0.4, -0.2) is 6.29 Å². The predicted molar refractivity (Wildman–Crippen MR) is 71.7 cm³/mol. The molecule has 0 radical (unpaired) electrons. The molecule has 0 saturated carbocycles. The number of allylic oxidation sites excluding steroid dienone is 2. The standard InChI is InChI=1S/C15H28O/c1-2-3-4-5-6-7-8-9-10-11-12-13-14-15-16/h7-8,15H,2-6,9-14H2,1H3/b8-7+. The van der Waals surface area contributed by atoms with Crippen LogP contribution in [0.2, 0.25) is 0 Å². The second kappa shape index (κ2) is 14.4. The minimum absolute atomic E-state index is 0.743. The summed E-state index contributed by atoms with van der Waals surface area (Å²) in [5.74, 6) is 0. The van der Waals surface area contributed by atoms with E-state index in [1.165, 1.54) is 57.8 Å². The summed E-state index contributed by atoms with van der Waals surface area (Å²) in [6.07, 6.45) is 19.2. The number of aldehydes is 1. The molecule has 0 spiro atoms. The normalized spacial score (nSPS) is 11.1. The van der Waals surface area contributed by atoms with Crippen LogP contribution in [-0.2, 0) is 4.79 Å². The number of hydrogen-bond acceptors (Lipinski definition) is 1. The average Bonchev–Trinajstić information content (AvgIpc) is 2.31. The van der Waals surface area contributed by atoms with E-state index in [4.69, 9.17) is 0 Å². The highest BCUT2D eigenvalue weighted by molar-refractivity contribution is 5.48. The molecule has 0 amide bonds. The van der Waals surface area contributed by atoms with Gasteiger partial charge in [-0.05, 0) is 32.1 Å². The topological polar surface area (TPSA) is 17.1 Å². The molecule has 1 heteroatoms. The van der Waals surface area contributed by atoms with Gasteiger partial charge in [0.05, 0.1) is 0 Å². The van der Waals surface area contributed by atoms with Gasteiger partial charge in [0.15, 0.2) is 0 Å². The van der Waals surface area contributed by atoms with Gasteiger partial charge in [-0.25, -0.2) is 0 Å². The molecule has 0 aliphatic rings. The van der Waals surface area contributed by atoms with Gasteiger partial charge in [0, 0.05) is 6.42 Å².